The maximum Gasteiger partial charge on any atom is 0.329 e. The molecule has 7 nitrogen and oxygen atoms in total. The molecule has 0 radical (unpaired) electrons. The van der Waals surface area contributed by atoms with Gasteiger partial charge >= 0.3 is 12.0 Å². The van der Waals surface area contributed by atoms with Crippen molar-refractivity contribution in [3.8, 4) is 0 Å². The Morgan fingerprint density at radius 2 is 2.20 bits per heavy atom. The molecule has 1 aliphatic rings. The van der Waals surface area contributed by atoms with Crippen LogP contribution >= 0.6 is 0 Å². The number of carbonyl (C=O) groups is 2. The number of ether oxygens (including phenoxy) is 1. The maximum atomic E-state index is 11.9. The molecule has 7 heteroatoms. The van der Waals surface area contributed by atoms with Crippen LogP contribution in [0.2, 0.25) is 0 Å². The van der Waals surface area contributed by atoms with Crippen LogP contribution in [0.5, 0.6) is 0 Å². The van der Waals surface area contributed by atoms with Gasteiger partial charge in [-0.1, -0.05) is 0 Å². The van der Waals surface area contributed by atoms with E-state index in [2.05, 4.69) is 5.32 Å². The van der Waals surface area contributed by atoms with Crippen molar-refractivity contribution in [3.63, 3.8) is 0 Å². The SMILES string of the molecule is O=C(O)COC1CCN(C(=O)NCc2ccoc2)CC1. The van der Waals surface area contributed by atoms with Crippen LogP contribution in [-0.4, -0.2) is 47.8 Å². The van der Waals surface area contributed by atoms with Crippen LogP contribution in [-0.2, 0) is 16.1 Å². The Balaban J connectivity index is 1.67. The molecule has 0 aliphatic carbocycles. The van der Waals surface area contributed by atoms with Crippen LogP contribution in [0.3, 0.4) is 0 Å². The Hall–Kier alpha value is -2.02. The van der Waals surface area contributed by atoms with E-state index in [1.807, 2.05) is 0 Å². The number of aliphatic carboxylic acids is 1. The number of nitrogens with one attached hydrogen (secondary N) is 1. The molecule has 0 saturated carbocycles. The van der Waals surface area contributed by atoms with E-state index in [0.717, 1.165) is 5.56 Å². The summed E-state index contributed by atoms with van der Waals surface area (Å²) in [6.45, 7) is 1.30. The molecule has 0 bridgehead atoms. The first-order valence-corrected chi connectivity index (χ1v) is 6.52. The Kier molecular flexibility index (Phi) is 5.00. The van der Waals surface area contributed by atoms with E-state index >= 15 is 0 Å². The van der Waals surface area contributed by atoms with E-state index in [1.165, 1.54) is 0 Å². The van der Waals surface area contributed by atoms with Gasteiger partial charge in [-0.3, -0.25) is 0 Å². The fraction of sp³-hybridized carbons (Fsp3) is 0.538. The van der Waals surface area contributed by atoms with Gasteiger partial charge in [-0.25, -0.2) is 9.59 Å². The van der Waals surface area contributed by atoms with E-state index in [0.29, 0.717) is 32.5 Å². The number of likely N-dealkylation sites (tertiary alicyclic amines) is 1. The lowest BCUT2D eigenvalue weighted by molar-refractivity contribution is -0.145. The summed E-state index contributed by atoms with van der Waals surface area (Å²) in [5, 5.41) is 11.3. The third kappa shape index (κ3) is 4.27. The highest BCUT2D eigenvalue weighted by atomic mass is 16.5. The lowest BCUT2D eigenvalue weighted by Crippen LogP contribution is -2.45. The van der Waals surface area contributed by atoms with Crippen molar-refractivity contribution in [2.24, 2.45) is 0 Å². The molecular weight excluding hydrogens is 264 g/mol. The zero-order chi connectivity index (χ0) is 14.4. The minimum absolute atomic E-state index is 0.0796. The van der Waals surface area contributed by atoms with Crippen LogP contribution in [0.15, 0.2) is 23.0 Å². The molecule has 1 aromatic heterocycles. The van der Waals surface area contributed by atoms with E-state index in [-0.39, 0.29) is 18.7 Å². The molecule has 2 heterocycles. The average Bonchev–Trinajstić information content (AvgIpc) is 2.96. The number of hydrogen-bond donors (Lipinski definition) is 2. The Labute approximate surface area is 116 Å². The van der Waals surface area contributed by atoms with Crippen molar-refractivity contribution in [3.05, 3.63) is 24.2 Å². The Morgan fingerprint density at radius 1 is 1.45 bits per heavy atom. The summed E-state index contributed by atoms with van der Waals surface area (Å²) in [5.74, 6) is -0.967. The first-order valence-electron chi connectivity index (χ1n) is 6.52. The zero-order valence-electron chi connectivity index (χ0n) is 11.1. The van der Waals surface area contributed by atoms with Gasteiger partial charge in [-0.05, 0) is 18.9 Å². The number of furan rings is 1. The minimum atomic E-state index is -0.967. The van der Waals surface area contributed by atoms with Crippen molar-refractivity contribution in [2.45, 2.75) is 25.5 Å². The minimum Gasteiger partial charge on any atom is -0.480 e. The fourth-order valence-electron chi connectivity index (χ4n) is 2.10. The van der Waals surface area contributed by atoms with Crippen LogP contribution in [0, 0.1) is 0 Å². The molecule has 1 saturated heterocycles. The number of piperidine rings is 1. The number of carboxylic acid groups (broad SMARTS) is 1. The molecule has 1 aromatic rings. The predicted molar refractivity (Wildman–Crippen MR) is 69.1 cm³/mol. The molecule has 0 atom stereocenters. The summed E-state index contributed by atoms with van der Waals surface area (Å²) in [5.41, 5.74) is 0.915. The van der Waals surface area contributed by atoms with Crippen LogP contribution in [0.25, 0.3) is 0 Å². The smallest absolute Gasteiger partial charge is 0.329 e. The molecular formula is C13H18N2O5. The van der Waals surface area contributed by atoms with Gasteiger partial charge in [0, 0.05) is 25.2 Å². The maximum absolute atomic E-state index is 11.9. The summed E-state index contributed by atoms with van der Waals surface area (Å²) >= 11 is 0. The molecule has 0 spiro atoms. The second kappa shape index (κ2) is 6.95. The van der Waals surface area contributed by atoms with Gasteiger partial charge in [0.25, 0.3) is 0 Å². The first kappa shape index (κ1) is 14.4. The molecule has 2 amide bonds. The highest BCUT2D eigenvalue weighted by Crippen LogP contribution is 2.13. The third-order valence-corrected chi connectivity index (χ3v) is 3.20. The lowest BCUT2D eigenvalue weighted by Gasteiger charge is -2.31. The normalized spacial score (nSPS) is 16.1. The van der Waals surface area contributed by atoms with E-state index in [4.69, 9.17) is 14.3 Å². The monoisotopic (exact) mass is 282 g/mol. The van der Waals surface area contributed by atoms with Gasteiger partial charge < -0.3 is 24.5 Å². The molecule has 1 fully saturated rings. The second-order valence-electron chi connectivity index (χ2n) is 4.68. The van der Waals surface area contributed by atoms with Crippen LogP contribution in [0.4, 0.5) is 4.79 Å². The summed E-state index contributed by atoms with van der Waals surface area (Å²) in [4.78, 5) is 24.0. The molecule has 2 N–H and O–H groups in total. The molecule has 0 unspecified atom stereocenters. The summed E-state index contributed by atoms with van der Waals surface area (Å²) < 4.78 is 10.1. The predicted octanol–water partition coefficient (Wildman–Crippen LogP) is 1.05. The van der Waals surface area contributed by atoms with E-state index in [1.54, 1.807) is 23.5 Å². The summed E-state index contributed by atoms with van der Waals surface area (Å²) in [7, 11) is 0. The molecule has 1 aliphatic heterocycles. The summed E-state index contributed by atoms with van der Waals surface area (Å²) in [6.07, 6.45) is 4.39. The van der Waals surface area contributed by atoms with Gasteiger partial charge in [0.15, 0.2) is 0 Å². The van der Waals surface area contributed by atoms with Gasteiger partial charge in [0.05, 0.1) is 18.6 Å². The van der Waals surface area contributed by atoms with Crippen molar-refractivity contribution in [1.82, 2.24) is 10.2 Å². The van der Waals surface area contributed by atoms with Gasteiger partial charge in [-0.2, -0.15) is 0 Å². The number of carboxylic acids is 1. The number of amides is 2. The number of carbonyl (C=O) groups excluding carboxylic acids is 1. The number of nitrogens with zero attached hydrogens (tertiary/aromatic N) is 1. The number of urea groups is 1. The standard InChI is InChI=1S/C13H18N2O5/c16-12(17)9-20-11-1-4-15(5-2-11)13(18)14-7-10-3-6-19-8-10/h3,6,8,11H,1-2,4-5,7,9H2,(H,14,18)(H,16,17). The fourth-order valence-corrected chi connectivity index (χ4v) is 2.10. The van der Waals surface area contributed by atoms with Crippen molar-refractivity contribution >= 4 is 12.0 Å². The molecule has 20 heavy (non-hydrogen) atoms. The second-order valence-corrected chi connectivity index (χ2v) is 4.68. The zero-order valence-corrected chi connectivity index (χ0v) is 11.1. The quantitative estimate of drug-likeness (QED) is 0.842. The molecule has 110 valence electrons. The van der Waals surface area contributed by atoms with E-state index < -0.39 is 5.97 Å². The number of rotatable bonds is 5. The van der Waals surface area contributed by atoms with Gasteiger partial charge in [0.2, 0.25) is 0 Å². The van der Waals surface area contributed by atoms with Crippen LogP contribution < -0.4 is 5.32 Å². The highest BCUT2D eigenvalue weighted by Gasteiger charge is 2.23. The Morgan fingerprint density at radius 3 is 2.80 bits per heavy atom. The third-order valence-electron chi connectivity index (χ3n) is 3.20. The van der Waals surface area contributed by atoms with Gasteiger partial charge in [0.1, 0.15) is 6.61 Å². The highest BCUT2D eigenvalue weighted by molar-refractivity contribution is 5.74. The van der Waals surface area contributed by atoms with Crippen LogP contribution in [0.1, 0.15) is 18.4 Å². The average molecular weight is 282 g/mol. The van der Waals surface area contributed by atoms with Crippen molar-refractivity contribution in [1.29, 1.82) is 0 Å². The Bertz CT molecular complexity index is 438. The molecule has 0 aromatic carbocycles. The topological polar surface area (TPSA) is 92.0 Å². The largest absolute Gasteiger partial charge is 0.480 e. The van der Waals surface area contributed by atoms with Crippen molar-refractivity contribution in [2.75, 3.05) is 19.7 Å². The summed E-state index contributed by atoms with van der Waals surface area (Å²) in [6, 6.07) is 1.68. The van der Waals surface area contributed by atoms with E-state index in [9.17, 15) is 9.59 Å². The first-order chi connectivity index (χ1) is 9.65. The lowest BCUT2D eigenvalue weighted by atomic mass is 10.1. The van der Waals surface area contributed by atoms with Crippen molar-refractivity contribution < 1.29 is 23.8 Å². The molecule has 2 rings (SSSR count). The number of hydrogen-bond acceptors (Lipinski definition) is 4. The van der Waals surface area contributed by atoms with Gasteiger partial charge in [-0.15, -0.1) is 0 Å².